The van der Waals surface area contributed by atoms with Crippen molar-refractivity contribution in [2.45, 2.75) is 78.3 Å². The van der Waals surface area contributed by atoms with Gasteiger partial charge in [0.25, 0.3) is 0 Å². The minimum Gasteiger partial charge on any atom is -0.449 e. The molecule has 0 saturated heterocycles. The van der Waals surface area contributed by atoms with Crippen LogP contribution in [0.15, 0.2) is 16.9 Å². The molecule has 0 heterocycles. The van der Waals surface area contributed by atoms with Gasteiger partial charge in [0.05, 0.1) is 5.57 Å². The standard InChI is InChI=1S/C17H22F8O2/c1-9(2)8-10(13(3,4)5)11(26)27-14(6,7)16(22,23)17(24,25)15(20,21)12(18)19/h12H,1-7H3. The molecule has 0 aromatic rings. The van der Waals surface area contributed by atoms with E-state index in [0.29, 0.717) is 5.57 Å². The summed E-state index contributed by atoms with van der Waals surface area (Å²) in [5.74, 6) is -20.2. The van der Waals surface area contributed by atoms with E-state index >= 15 is 0 Å². The number of alkyl halides is 8. The second-order valence-corrected chi connectivity index (χ2v) is 7.72. The molecule has 0 aliphatic heterocycles. The summed E-state index contributed by atoms with van der Waals surface area (Å²) in [6.45, 7) is 7.93. The molecule has 0 unspecified atom stereocenters. The molecule has 0 atom stereocenters. The van der Waals surface area contributed by atoms with Crippen molar-refractivity contribution in [3.05, 3.63) is 16.9 Å². The van der Waals surface area contributed by atoms with Gasteiger partial charge in [0.2, 0.25) is 0 Å². The van der Waals surface area contributed by atoms with Crippen LogP contribution in [0.2, 0.25) is 0 Å². The molecule has 2 nitrogen and oxygen atoms in total. The largest absolute Gasteiger partial charge is 0.449 e. The molecule has 0 radical (unpaired) electrons. The molecule has 0 aliphatic carbocycles. The van der Waals surface area contributed by atoms with E-state index in [0.717, 1.165) is 0 Å². The van der Waals surface area contributed by atoms with E-state index < -0.39 is 41.2 Å². The van der Waals surface area contributed by atoms with Gasteiger partial charge in [-0.05, 0) is 33.3 Å². The van der Waals surface area contributed by atoms with Crippen molar-refractivity contribution in [3.63, 3.8) is 0 Å². The van der Waals surface area contributed by atoms with Gasteiger partial charge in [0.15, 0.2) is 5.60 Å². The Hall–Kier alpha value is -1.57. The molecule has 0 aliphatic rings. The minimum absolute atomic E-state index is 0.239. The van der Waals surface area contributed by atoms with Crippen molar-refractivity contribution >= 4 is 5.97 Å². The topological polar surface area (TPSA) is 26.3 Å². The van der Waals surface area contributed by atoms with Gasteiger partial charge < -0.3 is 4.74 Å². The molecule has 0 amide bonds. The number of hydrogen-bond acceptors (Lipinski definition) is 2. The van der Waals surface area contributed by atoms with Gasteiger partial charge in [-0.15, -0.1) is 5.73 Å². The Labute approximate surface area is 152 Å². The van der Waals surface area contributed by atoms with Crippen molar-refractivity contribution in [1.29, 1.82) is 0 Å². The maximum atomic E-state index is 14.1. The third kappa shape index (κ3) is 4.83. The zero-order chi connectivity index (χ0) is 22.2. The molecule has 0 N–H and O–H groups in total. The molecule has 158 valence electrons. The van der Waals surface area contributed by atoms with Gasteiger partial charge in [-0.3, -0.25) is 0 Å². The first-order chi connectivity index (χ1) is 11.6. The second kappa shape index (κ2) is 7.45. The van der Waals surface area contributed by atoms with Crippen LogP contribution in [0.4, 0.5) is 35.1 Å². The molecule has 10 heteroatoms. The van der Waals surface area contributed by atoms with Gasteiger partial charge in [0.1, 0.15) is 0 Å². The predicted molar refractivity (Wildman–Crippen MR) is 82.4 cm³/mol. The summed E-state index contributed by atoms with van der Waals surface area (Å²) in [5.41, 5.74) is -1.90. The number of rotatable bonds is 6. The maximum Gasteiger partial charge on any atom is 0.381 e. The van der Waals surface area contributed by atoms with E-state index in [1.165, 1.54) is 34.6 Å². The lowest BCUT2D eigenvalue weighted by atomic mass is 9.86. The highest BCUT2D eigenvalue weighted by atomic mass is 19.4. The molecule has 0 aromatic carbocycles. The summed E-state index contributed by atoms with van der Waals surface area (Å²) in [6, 6.07) is 0. The van der Waals surface area contributed by atoms with Crippen LogP contribution in [-0.2, 0) is 9.53 Å². The van der Waals surface area contributed by atoms with E-state index in [1.807, 2.05) is 0 Å². The first-order valence-electron chi connectivity index (χ1n) is 7.72. The van der Waals surface area contributed by atoms with Crippen LogP contribution in [0, 0.1) is 5.41 Å². The highest BCUT2D eigenvalue weighted by molar-refractivity contribution is 5.90. The van der Waals surface area contributed by atoms with Crippen molar-refractivity contribution in [1.82, 2.24) is 0 Å². The molecule has 27 heavy (non-hydrogen) atoms. The lowest BCUT2D eigenvalue weighted by molar-refractivity contribution is -0.370. The molecule has 0 rings (SSSR count). The first kappa shape index (κ1) is 25.4. The normalized spacial score (nSPS) is 14.1. The Morgan fingerprint density at radius 3 is 1.56 bits per heavy atom. The van der Waals surface area contributed by atoms with Crippen molar-refractivity contribution in [2.24, 2.45) is 5.41 Å². The lowest BCUT2D eigenvalue weighted by Crippen LogP contribution is -2.66. The Balaban J connectivity index is 6.15. The van der Waals surface area contributed by atoms with Crippen molar-refractivity contribution < 1.29 is 44.7 Å². The smallest absolute Gasteiger partial charge is 0.381 e. The van der Waals surface area contributed by atoms with Gasteiger partial charge in [-0.25, -0.2) is 13.6 Å². The van der Waals surface area contributed by atoms with Crippen LogP contribution in [0.25, 0.3) is 0 Å². The molecule has 0 aromatic heterocycles. The number of esters is 1. The van der Waals surface area contributed by atoms with Crippen molar-refractivity contribution in [3.8, 4) is 0 Å². The molecular weight excluding hydrogens is 388 g/mol. The van der Waals surface area contributed by atoms with E-state index in [-0.39, 0.29) is 19.4 Å². The van der Waals surface area contributed by atoms with E-state index in [4.69, 9.17) is 0 Å². The van der Waals surface area contributed by atoms with Crippen LogP contribution >= 0.6 is 0 Å². The fourth-order valence-electron chi connectivity index (χ4n) is 1.87. The molecule has 0 bridgehead atoms. The minimum atomic E-state index is -6.49. The molecular formula is C17H22F8O2. The summed E-state index contributed by atoms with van der Waals surface area (Å²) < 4.78 is 111. The fraction of sp³-hybridized carbons (Fsp3) is 0.765. The van der Waals surface area contributed by atoms with E-state index in [2.05, 4.69) is 10.5 Å². The summed E-state index contributed by atoms with van der Waals surface area (Å²) >= 11 is 0. The zero-order valence-electron chi connectivity index (χ0n) is 15.9. The zero-order valence-corrected chi connectivity index (χ0v) is 15.9. The molecule has 0 spiro atoms. The summed E-state index contributed by atoms with van der Waals surface area (Å²) in [7, 11) is 0. The summed E-state index contributed by atoms with van der Waals surface area (Å²) in [4.78, 5) is 12.2. The van der Waals surface area contributed by atoms with Crippen LogP contribution in [0.5, 0.6) is 0 Å². The molecule has 0 fully saturated rings. The predicted octanol–water partition coefficient (Wildman–Crippen LogP) is 6.02. The van der Waals surface area contributed by atoms with Gasteiger partial charge in [-0.1, -0.05) is 20.8 Å². The van der Waals surface area contributed by atoms with E-state index in [9.17, 15) is 39.9 Å². The van der Waals surface area contributed by atoms with Crippen LogP contribution < -0.4 is 0 Å². The Bertz CT molecular complexity index is 632. The SMILES string of the molecule is CC(C)=C=C(C(=O)OC(C)(C)C(F)(F)C(F)(F)C(F)(F)C(F)F)C(C)(C)C. The number of halogens is 8. The first-order valence-corrected chi connectivity index (χ1v) is 7.72. The Morgan fingerprint density at radius 2 is 1.26 bits per heavy atom. The van der Waals surface area contributed by atoms with Crippen molar-refractivity contribution in [2.75, 3.05) is 0 Å². The van der Waals surface area contributed by atoms with Gasteiger partial charge >= 0.3 is 30.2 Å². The van der Waals surface area contributed by atoms with Gasteiger partial charge in [-0.2, -0.15) is 26.3 Å². The maximum absolute atomic E-state index is 14.1. The quantitative estimate of drug-likeness (QED) is 0.232. The third-order valence-corrected chi connectivity index (χ3v) is 3.52. The number of carbonyl (C=O) groups is 1. The van der Waals surface area contributed by atoms with E-state index in [1.54, 1.807) is 0 Å². The van der Waals surface area contributed by atoms with Gasteiger partial charge in [0, 0.05) is 5.41 Å². The van der Waals surface area contributed by atoms with Crippen LogP contribution in [0.3, 0.4) is 0 Å². The fourth-order valence-corrected chi connectivity index (χ4v) is 1.87. The lowest BCUT2D eigenvalue weighted by Gasteiger charge is -2.41. The number of hydrogen-bond donors (Lipinski definition) is 0. The molecule has 0 saturated carbocycles. The van der Waals surface area contributed by atoms with Crippen LogP contribution in [-0.4, -0.2) is 35.8 Å². The average molecular weight is 410 g/mol. The third-order valence-electron chi connectivity index (χ3n) is 3.52. The van der Waals surface area contributed by atoms with Crippen LogP contribution in [0.1, 0.15) is 48.5 Å². The summed E-state index contributed by atoms with van der Waals surface area (Å²) in [6.07, 6.45) is -5.06. The highest BCUT2D eigenvalue weighted by Gasteiger charge is 2.80. The Morgan fingerprint density at radius 1 is 0.852 bits per heavy atom. The highest BCUT2D eigenvalue weighted by Crippen LogP contribution is 2.53. The number of ether oxygens (including phenoxy) is 1. The second-order valence-electron chi connectivity index (χ2n) is 7.72. The number of carbonyl (C=O) groups excluding carboxylic acids is 1. The Kier molecular flexibility index (Phi) is 7.02. The average Bonchev–Trinajstić information content (AvgIpc) is 2.41. The summed E-state index contributed by atoms with van der Waals surface area (Å²) in [5, 5.41) is 0. The monoisotopic (exact) mass is 410 g/mol.